The van der Waals surface area contributed by atoms with Gasteiger partial charge in [0.2, 0.25) is 0 Å². The Balaban J connectivity index is 1.64. The number of nitriles is 1. The minimum Gasteiger partial charge on any atom is -0.467 e. The van der Waals surface area contributed by atoms with E-state index in [4.69, 9.17) is 9.68 Å². The molecule has 2 aliphatic heterocycles. The van der Waals surface area contributed by atoms with Crippen molar-refractivity contribution in [3.8, 4) is 6.07 Å². The molecule has 0 atom stereocenters. The monoisotopic (exact) mass is 310 g/mol. The van der Waals surface area contributed by atoms with Crippen LogP contribution >= 0.6 is 0 Å². The van der Waals surface area contributed by atoms with Crippen molar-refractivity contribution in [2.24, 2.45) is 0 Å². The lowest BCUT2D eigenvalue weighted by molar-refractivity contribution is 0.0731. The van der Waals surface area contributed by atoms with E-state index in [2.05, 4.69) is 10.3 Å². The number of furan rings is 1. The van der Waals surface area contributed by atoms with Crippen LogP contribution < -0.4 is 10.9 Å². The maximum atomic E-state index is 12.8. The lowest BCUT2D eigenvalue weighted by Crippen LogP contribution is -2.37. The molecule has 7 nitrogen and oxygen atoms in total. The highest BCUT2D eigenvalue weighted by Crippen LogP contribution is 2.25. The van der Waals surface area contributed by atoms with Crippen LogP contribution in [0.5, 0.6) is 0 Å². The van der Waals surface area contributed by atoms with Gasteiger partial charge < -0.3 is 19.6 Å². The van der Waals surface area contributed by atoms with Gasteiger partial charge in [0.05, 0.1) is 12.1 Å². The van der Waals surface area contributed by atoms with Crippen molar-refractivity contribution in [2.75, 3.05) is 6.54 Å². The highest BCUT2D eigenvalue weighted by atomic mass is 16.3. The number of pyridine rings is 1. The fraction of sp³-hybridized carbons (Fsp3) is 0.312. The first-order valence-electron chi connectivity index (χ1n) is 7.42. The van der Waals surface area contributed by atoms with Gasteiger partial charge in [0, 0.05) is 37.3 Å². The number of rotatable bonds is 1. The standard InChI is InChI=1S/C16H14N4O3/c17-4-9-3-10-7-20(2-1-13(10)19-15(9)21)16(22)12-8-23-14-6-18-5-11(12)14/h3,8,18H,1-2,5-7H2,(H,19,21). The number of aromatic nitrogens is 1. The second-order valence-electron chi connectivity index (χ2n) is 5.76. The minimum absolute atomic E-state index is 0.0749. The molecule has 2 aromatic heterocycles. The third kappa shape index (κ3) is 2.15. The molecule has 23 heavy (non-hydrogen) atoms. The van der Waals surface area contributed by atoms with Crippen LogP contribution in [0, 0.1) is 11.3 Å². The Kier molecular flexibility index (Phi) is 3.06. The van der Waals surface area contributed by atoms with Gasteiger partial charge in [0.15, 0.2) is 0 Å². The number of fused-ring (bicyclic) bond motifs is 2. The summed E-state index contributed by atoms with van der Waals surface area (Å²) in [5.41, 5.74) is 2.85. The zero-order chi connectivity index (χ0) is 16.0. The van der Waals surface area contributed by atoms with Crippen molar-refractivity contribution in [2.45, 2.75) is 26.1 Å². The molecule has 0 radical (unpaired) electrons. The van der Waals surface area contributed by atoms with Gasteiger partial charge in [-0.2, -0.15) is 5.26 Å². The molecule has 7 heteroatoms. The Morgan fingerprint density at radius 3 is 3.09 bits per heavy atom. The van der Waals surface area contributed by atoms with Crippen molar-refractivity contribution in [3.63, 3.8) is 0 Å². The normalized spacial score (nSPS) is 15.9. The first-order chi connectivity index (χ1) is 11.2. The van der Waals surface area contributed by atoms with Crippen molar-refractivity contribution in [3.05, 3.63) is 56.4 Å². The average Bonchev–Trinajstić information content (AvgIpc) is 3.16. The second kappa shape index (κ2) is 5.11. The maximum Gasteiger partial charge on any atom is 0.266 e. The van der Waals surface area contributed by atoms with E-state index in [0.29, 0.717) is 38.2 Å². The van der Waals surface area contributed by atoms with Gasteiger partial charge in [-0.1, -0.05) is 0 Å². The lowest BCUT2D eigenvalue weighted by Gasteiger charge is -2.28. The van der Waals surface area contributed by atoms with Gasteiger partial charge in [-0.3, -0.25) is 9.59 Å². The molecule has 2 N–H and O–H groups in total. The van der Waals surface area contributed by atoms with Gasteiger partial charge in [0.25, 0.3) is 11.5 Å². The molecule has 0 saturated carbocycles. The lowest BCUT2D eigenvalue weighted by atomic mass is 10.0. The minimum atomic E-state index is -0.371. The zero-order valence-corrected chi connectivity index (χ0v) is 12.3. The fourth-order valence-electron chi connectivity index (χ4n) is 3.18. The summed E-state index contributed by atoms with van der Waals surface area (Å²) in [7, 11) is 0. The van der Waals surface area contributed by atoms with Crippen LogP contribution in [0.15, 0.2) is 21.5 Å². The molecule has 0 aromatic carbocycles. The highest BCUT2D eigenvalue weighted by Gasteiger charge is 2.28. The number of hydrogen-bond donors (Lipinski definition) is 2. The molecule has 0 saturated heterocycles. The zero-order valence-electron chi connectivity index (χ0n) is 12.3. The molecule has 4 rings (SSSR count). The summed E-state index contributed by atoms with van der Waals surface area (Å²) in [5.74, 6) is 0.746. The van der Waals surface area contributed by atoms with Crippen molar-refractivity contribution in [1.82, 2.24) is 15.2 Å². The molecule has 116 valence electrons. The van der Waals surface area contributed by atoms with Crippen molar-refractivity contribution in [1.29, 1.82) is 5.26 Å². The van der Waals surface area contributed by atoms with E-state index in [9.17, 15) is 9.59 Å². The Hall–Kier alpha value is -2.85. The summed E-state index contributed by atoms with van der Waals surface area (Å²) >= 11 is 0. The number of amides is 1. The predicted molar refractivity (Wildman–Crippen MR) is 79.5 cm³/mol. The molecule has 1 amide bonds. The van der Waals surface area contributed by atoms with E-state index in [1.54, 1.807) is 11.0 Å². The Labute approximate surface area is 131 Å². The summed E-state index contributed by atoms with van der Waals surface area (Å²) in [6, 6.07) is 3.46. The van der Waals surface area contributed by atoms with Gasteiger partial charge in [-0.25, -0.2) is 0 Å². The largest absolute Gasteiger partial charge is 0.467 e. The topological polar surface area (TPSA) is 102 Å². The van der Waals surface area contributed by atoms with Crippen molar-refractivity contribution < 1.29 is 9.21 Å². The first kappa shape index (κ1) is 13.8. The van der Waals surface area contributed by atoms with Crippen LogP contribution in [-0.2, 0) is 26.1 Å². The maximum absolute atomic E-state index is 12.8. The average molecular weight is 310 g/mol. The molecule has 4 heterocycles. The van der Waals surface area contributed by atoms with E-state index in [1.165, 1.54) is 6.26 Å². The quantitative estimate of drug-likeness (QED) is 0.805. The van der Waals surface area contributed by atoms with Gasteiger partial charge in [-0.15, -0.1) is 0 Å². The van der Waals surface area contributed by atoms with Crippen LogP contribution in [-0.4, -0.2) is 22.3 Å². The summed E-state index contributed by atoms with van der Waals surface area (Å²) in [5, 5.41) is 12.1. The number of aromatic amines is 1. The summed E-state index contributed by atoms with van der Waals surface area (Å²) < 4.78 is 5.44. The Morgan fingerprint density at radius 1 is 1.39 bits per heavy atom. The number of carbonyl (C=O) groups is 1. The van der Waals surface area contributed by atoms with Crippen molar-refractivity contribution >= 4 is 5.91 Å². The summed E-state index contributed by atoms with van der Waals surface area (Å²) in [6.07, 6.45) is 2.09. The predicted octanol–water partition coefficient (Wildman–Crippen LogP) is 0.641. The molecule has 0 unspecified atom stereocenters. The number of nitrogens with one attached hydrogen (secondary N) is 2. The first-order valence-corrected chi connectivity index (χ1v) is 7.42. The van der Waals surface area contributed by atoms with Crippen LogP contribution in [0.4, 0.5) is 0 Å². The van der Waals surface area contributed by atoms with Crippen LogP contribution in [0.3, 0.4) is 0 Å². The summed E-state index contributed by atoms with van der Waals surface area (Å²) in [4.78, 5) is 28.9. The molecular formula is C16H14N4O3. The van der Waals surface area contributed by atoms with E-state index in [-0.39, 0.29) is 17.0 Å². The fourth-order valence-corrected chi connectivity index (χ4v) is 3.18. The smallest absolute Gasteiger partial charge is 0.266 e. The SMILES string of the molecule is N#Cc1cc2c([nH]c1=O)CCN(C(=O)c1coc3c1CNC3)C2. The third-order valence-electron chi connectivity index (χ3n) is 4.41. The van der Waals surface area contributed by atoms with Crippen LogP contribution in [0.25, 0.3) is 0 Å². The van der Waals surface area contributed by atoms with Gasteiger partial charge in [0.1, 0.15) is 23.7 Å². The molecule has 0 spiro atoms. The molecule has 2 aromatic rings. The number of carbonyl (C=O) groups excluding carboxylic acids is 1. The van der Waals surface area contributed by atoms with Crippen LogP contribution in [0.1, 0.15) is 38.5 Å². The Morgan fingerprint density at radius 2 is 2.26 bits per heavy atom. The van der Waals surface area contributed by atoms with E-state index in [1.807, 2.05) is 6.07 Å². The second-order valence-corrected chi connectivity index (χ2v) is 5.76. The molecule has 2 aliphatic rings. The highest BCUT2D eigenvalue weighted by molar-refractivity contribution is 5.96. The number of nitrogens with zero attached hydrogens (tertiary/aromatic N) is 2. The third-order valence-corrected chi connectivity index (χ3v) is 4.41. The van der Waals surface area contributed by atoms with E-state index >= 15 is 0 Å². The van der Waals surface area contributed by atoms with Gasteiger partial charge in [-0.05, 0) is 11.6 Å². The number of hydrogen-bond acceptors (Lipinski definition) is 5. The van der Waals surface area contributed by atoms with E-state index in [0.717, 1.165) is 22.6 Å². The molecule has 0 bridgehead atoms. The number of H-pyrrole nitrogens is 1. The van der Waals surface area contributed by atoms with Crippen LogP contribution in [0.2, 0.25) is 0 Å². The summed E-state index contributed by atoms with van der Waals surface area (Å²) in [6.45, 7) is 2.20. The molecular weight excluding hydrogens is 296 g/mol. The van der Waals surface area contributed by atoms with E-state index < -0.39 is 0 Å². The molecule has 0 fully saturated rings. The molecule has 0 aliphatic carbocycles. The Bertz CT molecular complexity index is 903. The van der Waals surface area contributed by atoms with Gasteiger partial charge >= 0.3 is 0 Å².